The van der Waals surface area contributed by atoms with E-state index >= 15 is 0 Å². The molecule has 1 aromatic heterocycles. The van der Waals surface area contributed by atoms with Gasteiger partial charge in [-0.3, -0.25) is 4.57 Å². The molecule has 0 aliphatic carbocycles. The zero-order chi connectivity index (χ0) is 14.1. The molecule has 2 heterocycles. The average molecular weight is 276 g/mol. The third-order valence-electron chi connectivity index (χ3n) is 4.02. The number of nitrogens with zero attached hydrogens (tertiary/aromatic N) is 1. The summed E-state index contributed by atoms with van der Waals surface area (Å²) in [4.78, 5) is 11.7. The number of benzene rings is 1. The molecule has 0 radical (unpaired) electrons. The Labute approximate surface area is 117 Å². The van der Waals surface area contributed by atoms with Gasteiger partial charge in [-0.1, -0.05) is 6.07 Å². The summed E-state index contributed by atoms with van der Waals surface area (Å²) in [6, 6.07) is 6.09. The fourth-order valence-electron chi connectivity index (χ4n) is 3.01. The first kappa shape index (κ1) is 13.4. The van der Waals surface area contributed by atoms with E-state index in [1.807, 2.05) is 32.2 Å². The lowest BCUT2D eigenvalue weighted by molar-refractivity contribution is 0.0808. The van der Waals surface area contributed by atoms with Gasteiger partial charge in [-0.15, -0.1) is 0 Å². The van der Waals surface area contributed by atoms with Gasteiger partial charge in [0.1, 0.15) is 0 Å². The molecule has 2 unspecified atom stereocenters. The Kier molecular flexibility index (Phi) is 3.63. The minimum absolute atomic E-state index is 0.136. The van der Waals surface area contributed by atoms with Crippen LogP contribution in [-0.2, 0) is 11.3 Å². The highest BCUT2D eigenvalue weighted by atomic mass is 16.5. The molecule has 2 atom stereocenters. The first-order valence-corrected chi connectivity index (χ1v) is 7.16. The van der Waals surface area contributed by atoms with Crippen molar-refractivity contribution >= 4 is 11.1 Å². The maximum absolute atomic E-state index is 11.7. The van der Waals surface area contributed by atoms with Gasteiger partial charge in [0.15, 0.2) is 5.58 Å². The van der Waals surface area contributed by atoms with Crippen LogP contribution in [0, 0.1) is 0 Å². The molecule has 0 amide bonds. The highest BCUT2D eigenvalue weighted by Gasteiger charge is 2.26. The molecule has 5 nitrogen and oxygen atoms in total. The lowest BCUT2D eigenvalue weighted by Crippen LogP contribution is -2.28. The summed E-state index contributed by atoms with van der Waals surface area (Å²) in [7, 11) is 1.93. The van der Waals surface area contributed by atoms with Gasteiger partial charge in [0, 0.05) is 13.2 Å². The van der Waals surface area contributed by atoms with Crippen molar-refractivity contribution < 1.29 is 9.15 Å². The normalized spacial score (nSPS) is 20.6. The summed E-state index contributed by atoms with van der Waals surface area (Å²) in [6.07, 6.45) is 2.35. The van der Waals surface area contributed by atoms with E-state index in [0.717, 1.165) is 30.5 Å². The lowest BCUT2D eigenvalue weighted by Gasteiger charge is -2.22. The Hall–Kier alpha value is -1.59. The molecule has 3 rings (SSSR count). The molecule has 20 heavy (non-hydrogen) atoms. The first-order chi connectivity index (χ1) is 9.74. The topological polar surface area (TPSA) is 56.4 Å². The van der Waals surface area contributed by atoms with Crippen LogP contribution in [0.4, 0.5) is 0 Å². The van der Waals surface area contributed by atoms with E-state index in [4.69, 9.17) is 9.15 Å². The minimum atomic E-state index is -0.294. The Bertz CT molecular complexity index is 653. The van der Waals surface area contributed by atoms with Crippen LogP contribution >= 0.6 is 0 Å². The predicted octanol–water partition coefficient (Wildman–Crippen LogP) is 2.05. The molecule has 0 bridgehead atoms. The van der Waals surface area contributed by atoms with Gasteiger partial charge in [-0.05, 0) is 44.5 Å². The number of hydrogen-bond donors (Lipinski definition) is 1. The van der Waals surface area contributed by atoms with Gasteiger partial charge in [-0.25, -0.2) is 4.79 Å². The predicted molar refractivity (Wildman–Crippen MR) is 76.9 cm³/mol. The van der Waals surface area contributed by atoms with Crippen molar-refractivity contribution in [3.63, 3.8) is 0 Å². The fourth-order valence-corrected chi connectivity index (χ4v) is 3.01. The molecule has 108 valence electrons. The molecule has 1 saturated heterocycles. The quantitative estimate of drug-likeness (QED) is 0.928. The fraction of sp³-hybridized carbons (Fsp3) is 0.533. The van der Waals surface area contributed by atoms with Crippen molar-refractivity contribution in [3.8, 4) is 0 Å². The van der Waals surface area contributed by atoms with E-state index in [2.05, 4.69) is 5.32 Å². The van der Waals surface area contributed by atoms with E-state index in [-0.39, 0.29) is 17.9 Å². The van der Waals surface area contributed by atoms with E-state index in [9.17, 15) is 4.79 Å². The van der Waals surface area contributed by atoms with Crippen LogP contribution in [0.25, 0.3) is 11.1 Å². The number of oxazole rings is 1. The van der Waals surface area contributed by atoms with Crippen LogP contribution in [0.1, 0.15) is 31.4 Å². The molecule has 1 aromatic carbocycles. The SMILES string of the molecule is CCn1c(=O)oc2cc(C(NC)C3CCCO3)ccc21. The monoisotopic (exact) mass is 276 g/mol. The van der Waals surface area contributed by atoms with E-state index in [1.54, 1.807) is 4.57 Å². The average Bonchev–Trinajstić information content (AvgIpc) is 3.06. The van der Waals surface area contributed by atoms with Crippen molar-refractivity contribution in [1.82, 2.24) is 9.88 Å². The zero-order valence-electron chi connectivity index (χ0n) is 11.9. The van der Waals surface area contributed by atoms with Crippen LogP contribution in [0.2, 0.25) is 0 Å². The summed E-state index contributed by atoms with van der Waals surface area (Å²) >= 11 is 0. The standard InChI is InChI=1S/C15H20N2O3/c1-3-17-11-7-6-10(9-13(11)20-15(17)18)14(16-2)12-5-4-8-19-12/h6-7,9,12,14,16H,3-5,8H2,1-2H3. The molecule has 1 aliphatic heterocycles. The number of fused-ring (bicyclic) bond motifs is 1. The zero-order valence-corrected chi connectivity index (χ0v) is 11.9. The second kappa shape index (κ2) is 5.42. The highest BCUT2D eigenvalue weighted by Crippen LogP contribution is 2.28. The Balaban J connectivity index is 2.01. The minimum Gasteiger partial charge on any atom is -0.408 e. The van der Waals surface area contributed by atoms with Crippen LogP contribution < -0.4 is 11.1 Å². The molecule has 5 heteroatoms. The third-order valence-corrected chi connectivity index (χ3v) is 4.02. The van der Waals surface area contributed by atoms with Crippen molar-refractivity contribution in [2.45, 2.75) is 38.5 Å². The Morgan fingerprint density at radius 2 is 2.35 bits per heavy atom. The van der Waals surface area contributed by atoms with Gasteiger partial charge in [0.2, 0.25) is 0 Å². The van der Waals surface area contributed by atoms with Crippen LogP contribution in [-0.4, -0.2) is 24.3 Å². The highest BCUT2D eigenvalue weighted by molar-refractivity contribution is 5.74. The molecular weight excluding hydrogens is 256 g/mol. The number of aryl methyl sites for hydroxylation is 1. The molecule has 0 saturated carbocycles. The van der Waals surface area contributed by atoms with Gasteiger partial charge in [-0.2, -0.15) is 0 Å². The number of ether oxygens (including phenoxy) is 1. The maximum atomic E-state index is 11.7. The molecule has 1 N–H and O–H groups in total. The van der Waals surface area contributed by atoms with Crippen molar-refractivity contribution in [2.75, 3.05) is 13.7 Å². The Morgan fingerprint density at radius 1 is 1.50 bits per heavy atom. The first-order valence-electron chi connectivity index (χ1n) is 7.16. The summed E-state index contributed by atoms with van der Waals surface area (Å²) in [5, 5.41) is 3.31. The molecule has 1 aliphatic rings. The second-order valence-corrected chi connectivity index (χ2v) is 5.16. The van der Waals surface area contributed by atoms with Crippen LogP contribution in [0.5, 0.6) is 0 Å². The molecule has 2 aromatic rings. The summed E-state index contributed by atoms with van der Waals surface area (Å²) in [5.41, 5.74) is 2.60. The number of hydrogen-bond acceptors (Lipinski definition) is 4. The van der Waals surface area contributed by atoms with Crippen molar-refractivity contribution in [3.05, 3.63) is 34.3 Å². The number of likely N-dealkylation sites (N-methyl/N-ethyl adjacent to an activating group) is 1. The van der Waals surface area contributed by atoms with E-state index in [1.165, 1.54) is 0 Å². The van der Waals surface area contributed by atoms with Crippen molar-refractivity contribution in [1.29, 1.82) is 0 Å². The summed E-state index contributed by atoms with van der Waals surface area (Å²) < 4.78 is 12.7. The largest absolute Gasteiger partial charge is 0.419 e. The maximum Gasteiger partial charge on any atom is 0.419 e. The molecule has 1 fully saturated rings. The van der Waals surface area contributed by atoms with Gasteiger partial charge in [0.25, 0.3) is 0 Å². The van der Waals surface area contributed by atoms with Gasteiger partial charge >= 0.3 is 5.76 Å². The van der Waals surface area contributed by atoms with Crippen LogP contribution in [0.3, 0.4) is 0 Å². The second-order valence-electron chi connectivity index (χ2n) is 5.16. The summed E-state index contributed by atoms with van der Waals surface area (Å²) in [5.74, 6) is -0.294. The van der Waals surface area contributed by atoms with Crippen molar-refractivity contribution in [2.24, 2.45) is 0 Å². The van der Waals surface area contributed by atoms with Crippen LogP contribution in [0.15, 0.2) is 27.4 Å². The van der Waals surface area contributed by atoms with Gasteiger partial charge < -0.3 is 14.5 Å². The smallest absolute Gasteiger partial charge is 0.408 e. The molecular formula is C15H20N2O3. The Morgan fingerprint density at radius 3 is 3.00 bits per heavy atom. The van der Waals surface area contributed by atoms with E-state index < -0.39 is 0 Å². The summed E-state index contributed by atoms with van der Waals surface area (Å²) in [6.45, 7) is 3.38. The third kappa shape index (κ3) is 2.17. The van der Waals surface area contributed by atoms with E-state index in [0.29, 0.717) is 12.1 Å². The van der Waals surface area contributed by atoms with Gasteiger partial charge in [0.05, 0.1) is 17.7 Å². The number of aromatic nitrogens is 1. The number of rotatable bonds is 4. The number of nitrogens with one attached hydrogen (secondary N) is 1. The molecule has 0 spiro atoms. The lowest BCUT2D eigenvalue weighted by atomic mass is 9.99.